The molecule has 5 rings (SSSR count). The maximum absolute atomic E-state index is 11.6. The summed E-state index contributed by atoms with van der Waals surface area (Å²) in [7, 11) is 0. The molecule has 1 aliphatic heterocycles. The number of Topliss-reactive ketones (excluding diaryl/α,β-unsaturated/α-hetero) is 1. The molecule has 4 heterocycles. The van der Waals surface area contributed by atoms with E-state index in [9.17, 15) is 4.79 Å². The topological polar surface area (TPSA) is 101 Å². The third-order valence-electron chi connectivity index (χ3n) is 5.71. The van der Waals surface area contributed by atoms with Gasteiger partial charge in [0.15, 0.2) is 5.82 Å². The number of nitrogens with zero attached hydrogens (tertiary/aromatic N) is 4. The number of benzene rings is 1. The second-order valence-electron chi connectivity index (χ2n) is 8.31. The van der Waals surface area contributed by atoms with Gasteiger partial charge in [-0.3, -0.25) is 19.8 Å². The lowest BCUT2D eigenvalue weighted by molar-refractivity contribution is -0.116. The van der Waals surface area contributed by atoms with Crippen molar-refractivity contribution in [3.63, 3.8) is 0 Å². The fourth-order valence-electron chi connectivity index (χ4n) is 4.23. The van der Waals surface area contributed by atoms with Crippen molar-refractivity contribution in [1.29, 1.82) is 0 Å². The number of carbonyl (C=O) groups is 1. The Bertz CT molecular complexity index is 1260. The zero-order valence-electron chi connectivity index (χ0n) is 18.0. The molecule has 0 bridgehead atoms. The van der Waals surface area contributed by atoms with Crippen LogP contribution in [0.4, 0.5) is 0 Å². The van der Waals surface area contributed by atoms with E-state index in [1.165, 1.54) is 6.33 Å². The van der Waals surface area contributed by atoms with Crippen molar-refractivity contribution >= 4 is 28.7 Å². The molecule has 1 atom stereocenters. The molecular formula is C24H23ClN6OS. The molecule has 9 heteroatoms. The molecular weight excluding hydrogens is 456 g/mol. The molecule has 1 aliphatic rings. The number of ketones is 1. The van der Waals surface area contributed by atoms with Gasteiger partial charge in [-0.15, -0.1) is 11.3 Å². The van der Waals surface area contributed by atoms with Crippen molar-refractivity contribution < 1.29 is 4.79 Å². The first-order chi connectivity index (χ1) is 16.0. The quantitative estimate of drug-likeness (QED) is 0.414. The summed E-state index contributed by atoms with van der Waals surface area (Å²) in [5.41, 5.74) is 10.2. The SMILES string of the molecule is CC(=O)Cc1cc(-c2cc(C(c3ccc(Cl)cc3)N3CC(N)C3)c(-c3ncn[nH]3)s2)ccn1. The van der Waals surface area contributed by atoms with Crippen LogP contribution in [0.5, 0.6) is 0 Å². The molecule has 0 saturated carbocycles. The maximum Gasteiger partial charge on any atom is 0.165 e. The zero-order chi connectivity index (χ0) is 22.9. The van der Waals surface area contributed by atoms with Gasteiger partial charge < -0.3 is 5.73 Å². The minimum Gasteiger partial charge on any atom is -0.325 e. The first kappa shape index (κ1) is 21.9. The predicted molar refractivity (Wildman–Crippen MR) is 130 cm³/mol. The van der Waals surface area contributed by atoms with Crippen LogP contribution in [0.15, 0.2) is 55.0 Å². The molecule has 1 fully saturated rings. The lowest BCUT2D eigenvalue weighted by Gasteiger charge is -2.43. The number of hydrogen-bond donors (Lipinski definition) is 2. The van der Waals surface area contributed by atoms with Gasteiger partial charge in [0.05, 0.1) is 10.9 Å². The Morgan fingerprint density at radius 1 is 1.24 bits per heavy atom. The van der Waals surface area contributed by atoms with Crippen LogP contribution in [-0.4, -0.2) is 50.0 Å². The fraction of sp³-hybridized carbons (Fsp3) is 0.250. The molecule has 0 radical (unpaired) electrons. The summed E-state index contributed by atoms with van der Waals surface area (Å²) in [6.07, 6.45) is 3.60. The Balaban J connectivity index is 1.63. The van der Waals surface area contributed by atoms with Gasteiger partial charge in [-0.25, -0.2) is 4.98 Å². The van der Waals surface area contributed by atoms with Crippen molar-refractivity contribution in [2.75, 3.05) is 13.1 Å². The fourth-order valence-corrected chi connectivity index (χ4v) is 5.49. The van der Waals surface area contributed by atoms with E-state index in [-0.39, 0.29) is 17.9 Å². The monoisotopic (exact) mass is 478 g/mol. The highest BCUT2D eigenvalue weighted by molar-refractivity contribution is 7.19. The number of H-pyrrole nitrogens is 1. The number of pyridine rings is 1. The van der Waals surface area contributed by atoms with E-state index in [1.807, 2.05) is 24.3 Å². The minimum atomic E-state index is 0.00527. The smallest absolute Gasteiger partial charge is 0.165 e. The molecule has 168 valence electrons. The third kappa shape index (κ3) is 4.60. The normalized spacial score (nSPS) is 15.4. The molecule has 1 saturated heterocycles. The summed E-state index contributed by atoms with van der Waals surface area (Å²) in [5.74, 6) is 0.814. The van der Waals surface area contributed by atoms with Crippen molar-refractivity contribution in [1.82, 2.24) is 25.1 Å². The Labute approximate surface area is 200 Å². The summed E-state index contributed by atoms with van der Waals surface area (Å²) in [5, 5.41) is 7.80. The first-order valence-electron chi connectivity index (χ1n) is 10.7. The van der Waals surface area contributed by atoms with Crippen LogP contribution in [0.1, 0.15) is 29.8 Å². The third-order valence-corrected chi connectivity index (χ3v) is 7.16. The number of halogens is 1. The van der Waals surface area contributed by atoms with Gasteiger partial charge in [-0.05, 0) is 53.9 Å². The lowest BCUT2D eigenvalue weighted by Crippen LogP contribution is -2.56. The Kier molecular flexibility index (Phi) is 6.07. The Morgan fingerprint density at radius 3 is 2.70 bits per heavy atom. The van der Waals surface area contributed by atoms with Gasteiger partial charge in [-0.2, -0.15) is 5.10 Å². The van der Waals surface area contributed by atoms with Crippen molar-refractivity contribution in [2.24, 2.45) is 5.73 Å². The standard InChI is InChI=1S/C24H23ClN6OS/c1-14(32)8-19-9-16(6-7-27-19)21-10-20(23(33-21)24-28-13-29-30-24)22(31-11-18(26)12-31)15-2-4-17(25)5-3-15/h2-7,9-10,13,18,22H,8,11-12,26H2,1H3,(H,28,29,30). The summed E-state index contributed by atoms with van der Waals surface area (Å²) in [4.78, 5) is 24.9. The lowest BCUT2D eigenvalue weighted by atomic mass is 9.92. The maximum atomic E-state index is 11.6. The van der Waals surface area contributed by atoms with Gasteiger partial charge in [0.2, 0.25) is 0 Å². The van der Waals surface area contributed by atoms with Gasteiger partial charge in [-0.1, -0.05) is 23.7 Å². The molecule has 1 aromatic carbocycles. The number of aromatic amines is 1. The van der Waals surface area contributed by atoms with Crippen LogP contribution in [-0.2, 0) is 11.2 Å². The molecule has 0 spiro atoms. The largest absolute Gasteiger partial charge is 0.325 e. The van der Waals surface area contributed by atoms with Gasteiger partial charge in [0, 0.05) is 47.3 Å². The molecule has 3 N–H and O–H groups in total. The van der Waals surface area contributed by atoms with Crippen LogP contribution in [0.2, 0.25) is 5.02 Å². The summed E-state index contributed by atoms with van der Waals surface area (Å²) >= 11 is 7.82. The highest BCUT2D eigenvalue weighted by Crippen LogP contribution is 2.44. The number of nitrogens with two attached hydrogens (primary N) is 1. The van der Waals surface area contributed by atoms with Crippen LogP contribution in [0.25, 0.3) is 21.1 Å². The Hall–Kier alpha value is -2.91. The molecule has 0 aliphatic carbocycles. The average molecular weight is 479 g/mol. The zero-order valence-corrected chi connectivity index (χ0v) is 19.6. The number of rotatable bonds is 7. The number of carbonyl (C=O) groups excluding carboxylic acids is 1. The number of thiophene rings is 1. The Morgan fingerprint density at radius 2 is 2.03 bits per heavy atom. The van der Waals surface area contributed by atoms with E-state index in [0.29, 0.717) is 11.4 Å². The van der Waals surface area contributed by atoms with Crippen LogP contribution >= 0.6 is 22.9 Å². The van der Waals surface area contributed by atoms with E-state index in [1.54, 1.807) is 24.5 Å². The molecule has 33 heavy (non-hydrogen) atoms. The molecule has 3 aromatic heterocycles. The van der Waals surface area contributed by atoms with Crippen molar-refractivity contribution in [3.8, 4) is 21.1 Å². The summed E-state index contributed by atoms with van der Waals surface area (Å²) in [6.45, 7) is 3.20. The van der Waals surface area contributed by atoms with Gasteiger partial charge in [0.1, 0.15) is 12.1 Å². The molecule has 7 nitrogen and oxygen atoms in total. The van der Waals surface area contributed by atoms with E-state index in [0.717, 1.165) is 51.1 Å². The number of aromatic nitrogens is 4. The second-order valence-corrected chi connectivity index (χ2v) is 9.80. The number of nitrogens with one attached hydrogen (secondary N) is 1. The van der Waals surface area contributed by atoms with Gasteiger partial charge in [0.25, 0.3) is 0 Å². The van der Waals surface area contributed by atoms with E-state index >= 15 is 0 Å². The van der Waals surface area contributed by atoms with Crippen LogP contribution in [0.3, 0.4) is 0 Å². The number of hydrogen-bond acceptors (Lipinski definition) is 7. The summed E-state index contributed by atoms with van der Waals surface area (Å²) in [6, 6.07) is 14.3. The minimum absolute atomic E-state index is 0.00527. The molecule has 4 aromatic rings. The van der Waals surface area contributed by atoms with Crippen molar-refractivity contribution in [2.45, 2.75) is 25.4 Å². The second kappa shape index (κ2) is 9.15. The molecule has 0 amide bonds. The predicted octanol–water partition coefficient (Wildman–Crippen LogP) is 4.11. The highest BCUT2D eigenvalue weighted by Gasteiger charge is 2.35. The average Bonchev–Trinajstić information content (AvgIpc) is 3.44. The first-order valence-corrected chi connectivity index (χ1v) is 11.9. The van der Waals surface area contributed by atoms with Crippen LogP contribution in [0, 0.1) is 0 Å². The summed E-state index contributed by atoms with van der Waals surface area (Å²) < 4.78 is 0. The van der Waals surface area contributed by atoms with Crippen molar-refractivity contribution in [3.05, 3.63) is 76.8 Å². The highest BCUT2D eigenvalue weighted by atomic mass is 35.5. The number of likely N-dealkylation sites (tertiary alicyclic amines) is 1. The van der Waals surface area contributed by atoms with E-state index in [4.69, 9.17) is 17.3 Å². The molecule has 1 unspecified atom stereocenters. The van der Waals surface area contributed by atoms with Gasteiger partial charge >= 0.3 is 0 Å². The van der Waals surface area contributed by atoms with E-state index in [2.05, 4.69) is 43.3 Å². The van der Waals surface area contributed by atoms with Crippen LogP contribution < -0.4 is 5.73 Å². The van der Waals surface area contributed by atoms with E-state index < -0.39 is 0 Å².